The molecular weight excluding hydrogens is 264 g/mol. The van der Waals surface area contributed by atoms with Gasteiger partial charge in [0.1, 0.15) is 11.6 Å². The molecule has 1 aromatic heterocycles. The molecule has 0 saturated carbocycles. The van der Waals surface area contributed by atoms with Crippen LogP contribution in [-0.2, 0) is 0 Å². The van der Waals surface area contributed by atoms with Crippen molar-refractivity contribution >= 4 is 23.3 Å². The lowest BCUT2D eigenvalue weighted by Gasteiger charge is -2.04. The Morgan fingerprint density at radius 1 is 1.17 bits per heavy atom. The third-order valence-electron chi connectivity index (χ3n) is 2.05. The van der Waals surface area contributed by atoms with Gasteiger partial charge in [0.2, 0.25) is 0 Å². The van der Waals surface area contributed by atoms with Gasteiger partial charge in [0, 0.05) is 0 Å². The molecule has 0 bridgehead atoms. The molecule has 92 valence electrons. The monoisotopic (exact) mass is 269 g/mol. The summed E-state index contributed by atoms with van der Waals surface area (Å²) in [7, 11) is 0. The van der Waals surface area contributed by atoms with Gasteiger partial charge in [-0.2, -0.15) is 0 Å². The lowest BCUT2D eigenvalue weighted by atomic mass is 10.2. The number of rotatable bonds is 2. The summed E-state index contributed by atoms with van der Waals surface area (Å²) in [6.07, 6.45) is 0. The Morgan fingerprint density at radius 2 is 1.94 bits per heavy atom. The van der Waals surface area contributed by atoms with Gasteiger partial charge in [0.25, 0.3) is 5.91 Å². The number of carbonyl (C=O) groups excluding carboxylic acids is 1. The van der Waals surface area contributed by atoms with E-state index in [1.807, 2.05) is 0 Å². The van der Waals surface area contributed by atoms with Crippen LogP contribution in [0.15, 0.2) is 30.3 Å². The highest BCUT2D eigenvalue weighted by Gasteiger charge is 2.13. The molecule has 1 N–H and O–H groups in total. The van der Waals surface area contributed by atoms with Crippen molar-refractivity contribution in [2.75, 3.05) is 5.32 Å². The molecule has 0 aliphatic carbocycles. The molecule has 2 rings (SSSR count). The first-order chi connectivity index (χ1) is 8.56. The molecular formula is C11H6ClF2N3O. The van der Waals surface area contributed by atoms with Crippen LogP contribution in [0.2, 0.25) is 5.15 Å². The van der Waals surface area contributed by atoms with Crippen molar-refractivity contribution in [3.05, 3.63) is 52.7 Å². The molecule has 0 unspecified atom stereocenters. The highest BCUT2D eigenvalue weighted by atomic mass is 35.5. The van der Waals surface area contributed by atoms with E-state index in [9.17, 15) is 13.6 Å². The summed E-state index contributed by atoms with van der Waals surface area (Å²) in [5, 5.41) is 9.50. The Labute approximate surface area is 106 Å². The minimum atomic E-state index is -0.823. The number of nitrogens with zero attached hydrogens (tertiary/aromatic N) is 2. The van der Waals surface area contributed by atoms with Crippen LogP contribution in [0.5, 0.6) is 0 Å². The number of halogens is 3. The fourth-order valence-corrected chi connectivity index (χ4v) is 1.34. The van der Waals surface area contributed by atoms with E-state index < -0.39 is 23.1 Å². The molecule has 1 aromatic carbocycles. The second kappa shape index (κ2) is 5.05. The van der Waals surface area contributed by atoms with E-state index in [2.05, 4.69) is 15.5 Å². The zero-order valence-corrected chi connectivity index (χ0v) is 9.58. The summed E-state index contributed by atoms with van der Waals surface area (Å²) in [6, 6.07) is 5.40. The number of amides is 1. The minimum Gasteiger partial charge on any atom is -0.305 e. The first-order valence-corrected chi connectivity index (χ1v) is 5.19. The highest BCUT2D eigenvalue weighted by molar-refractivity contribution is 6.29. The standard InChI is InChI=1S/C11H6ClF2N3O/c12-9-3-4-10(17-16-9)15-11(18)7-5-6(13)1-2-8(7)14/h1-5H,(H,15,17,18). The summed E-state index contributed by atoms with van der Waals surface area (Å²) in [4.78, 5) is 11.7. The molecule has 7 heteroatoms. The summed E-state index contributed by atoms with van der Waals surface area (Å²) in [5.41, 5.74) is -0.410. The predicted octanol–water partition coefficient (Wildman–Crippen LogP) is 2.66. The van der Waals surface area contributed by atoms with Gasteiger partial charge in [-0.25, -0.2) is 8.78 Å². The van der Waals surface area contributed by atoms with Gasteiger partial charge >= 0.3 is 0 Å². The fraction of sp³-hybridized carbons (Fsp3) is 0. The van der Waals surface area contributed by atoms with E-state index in [0.717, 1.165) is 18.2 Å². The molecule has 0 spiro atoms. The van der Waals surface area contributed by atoms with Crippen molar-refractivity contribution in [3.8, 4) is 0 Å². The second-order valence-corrected chi connectivity index (χ2v) is 3.71. The quantitative estimate of drug-likeness (QED) is 0.912. The van der Waals surface area contributed by atoms with Crippen LogP contribution in [0, 0.1) is 11.6 Å². The van der Waals surface area contributed by atoms with Crippen molar-refractivity contribution < 1.29 is 13.6 Å². The average Bonchev–Trinajstić information content (AvgIpc) is 2.35. The van der Waals surface area contributed by atoms with Gasteiger partial charge in [-0.15, -0.1) is 10.2 Å². The normalized spacial score (nSPS) is 10.2. The molecule has 2 aromatic rings. The van der Waals surface area contributed by atoms with Crippen molar-refractivity contribution in [2.45, 2.75) is 0 Å². The van der Waals surface area contributed by atoms with E-state index >= 15 is 0 Å². The van der Waals surface area contributed by atoms with Crippen molar-refractivity contribution in [2.24, 2.45) is 0 Å². The molecule has 0 fully saturated rings. The molecule has 4 nitrogen and oxygen atoms in total. The number of aromatic nitrogens is 2. The van der Waals surface area contributed by atoms with Gasteiger partial charge in [-0.3, -0.25) is 4.79 Å². The van der Waals surface area contributed by atoms with E-state index in [1.165, 1.54) is 12.1 Å². The van der Waals surface area contributed by atoms with Crippen LogP contribution < -0.4 is 5.32 Å². The zero-order chi connectivity index (χ0) is 13.1. The number of nitrogens with one attached hydrogen (secondary N) is 1. The molecule has 0 radical (unpaired) electrons. The Bertz CT molecular complexity index is 589. The average molecular weight is 270 g/mol. The van der Waals surface area contributed by atoms with Gasteiger partial charge in [-0.05, 0) is 30.3 Å². The molecule has 1 amide bonds. The maximum Gasteiger partial charge on any atom is 0.259 e. The zero-order valence-electron chi connectivity index (χ0n) is 8.82. The molecule has 18 heavy (non-hydrogen) atoms. The summed E-state index contributed by atoms with van der Waals surface area (Å²) in [6.45, 7) is 0. The van der Waals surface area contributed by atoms with Crippen molar-refractivity contribution in [1.29, 1.82) is 0 Å². The van der Waals surface area contributed by atoms with Crippen LogP contribution >= 0.6 is 11.6 Å². The summed E-state index contributed by atoms with van der Waals surface area (Å²) >= 11 is 5.52. The largest absolute Gasteiger partial charge is 0.305 e. The molecule has 0 aliphatic heterocycles. The molecule has 1 heterocycles. The Morgan fingerprint density at radius 3 is 2.61 bits per heavy atom. The minimum absolute atomic E-state index is 0.0908. The van der Waals surface area contributed by atoms with Crippen LogP contribution in [0.1, 0.15) is 10.4 Å². The highest BCUT2D eigenvalue weighted by Crippen LogP contribution is 2.12. The number of anilines is 1. The number of hydrogen-bond acceptors (Lipinski definition) is 3. The first kappa shape index (κ1) is 12.4. The molecule has 0 aliphatic rings. The van der Waals surface area contributed by atoms with Crippen molar-refractivity contribution in [1.82, 2.24) is 10.2 Å². The topological polar surface area (TPSA) is 54.9 Å². The third kappa shape index (κ3) is 2.78. The molecule has 0 saturated heterocycles. The predicted molar refractivity (Wildman–Crippen MR) is 61.4 cm³/mol. The summed E-state index contributed by atoms with van der Waals surface area (Å²) < 4.78 is 26.2. The van der Waals surface area contributed by atoms with E-state index in [1.54, 1.807) is 0 Å². The fourth-order valence-electron chi connectivity index (χ4n) is 1.24. The van der Waals surface area contributed by atoms with Crippen LogP contribution in [0.4, 0.5) is 14.6 Å². The van der Waals surface area contributed by atoms with Gasteiger partial charge in [-0.1, -0.05) is 11.6 Å². The number of carbonyl (C=O) groups is 1. The Balaban J connectivity index is 2.21. The number of hydrogen-bond donors (Lipinski definition) is 1. The third-order valence-corrected chi connectivity index (χ3v) is 2.25. The lowest BCUT2D eigenvalue weighted by molar-refractivity contribution is 0.102. The van der Waals surface area contributed by atoms with Crippen LogP contribution in [0.25, 0.3) is 0 Å². The second-order valence-electron chi connectivity index (χ2n) is 3.32. The van der Waals surface area contributed by atoms with Gasteiger partial charge in [0.15, 0.2) is 11.0 Å². The van der Waals surface area contributed by atoms with Crippen LogP contribution in [-0.4, -0.2) is 16.1 Å². The first-order valence-electron chi connectivity index (χ1n) is 4.82. The SMILES string of the molecule is O=C(Nc1ccc(Cl)nn1)c1cc(F)ccc1F. The van der Waals surface area contributed by atoms with E-state index in [4.69, 9.17) is 11.6 Å². The smallest absolute Gasteiger partial charge is 0.259 e. The lowest BCUT2D eigenvalue weighted by Crippen LogP contribution is -2.15. The van der Waals surface area contributed by atoms with Crippen molar-refractivity contribution in [3.63, 3.8) is 0 Å². The summed E-state index contributed by atoms with van der Waals surface area (Å²) in [5.74, 6) is -2.25. The Kier molecular flexibility index (Phi) is 3.47. The Hall–Kier alpha value is -2.08. The van der Waals surface area contributed by atoms with E-state index in [-0.39, 0.29) is 11.0 Å². The van der Waals surface area contributed by atoms with Gasteiger partial charge < -0.3 is 5.32 Å². The van der Waals surface area contributed by atoms with Gasteiger partial charge in [0.05, 0.1) is 5.56 Å². The molecule has 0 atom stereocenters. The number of benzene rings is 1. The van der Waals surface area contributed by atoms with E-state index in [0.29, 0.717) is 0 Å². The van der Waals surface area contributed by atoms with Crippen LogP contribution in [0.3, 0.4) is 0 Å². The maximum absolute atomic E-state index is 13.3. The maximum atomic E-state index is 13.3.